The number of aromatic nitrogens is 1. The lowest BCUT2D eigenvalue weighted by molar-refractivity contribution is 0.315. The molecule has 0 aliphatic carbocycles. The van der Waals surface area contributed by atoms with Crippen molar-refractivity contribution in [2.45, 2.75) is 13.1 Å². The molecule has 1 aromatic heterocycles. The van der Waals surface area contributed by atoms with Crippen LogP contribution in [0.3, 0.4) is 0 Å². The van der Waals surface area contributed by atoms with Crippen molar-refractivity contribution in [3.05, 3.63) is 58.3 Å². The number of nitrogen functional groups attached to an aromatic ring is 1. The topological polar surface area (TPSA) is 42.1 Å². The molecule has 0 bridgehead atoms. The van der Waals surface area contributed by atoms with Crippen molar-refractivity contribution in [1.82, 2.24) is 9.88 Å². The summed E-state index contributed by atoms with van der Waals surface area (Å²) in [6.45, 7) is 1.69. The third kappa shape index (κ3) is 3.55. The molecule has 3 nitrogen and oxygen atoms in total. The van der Waals surface area contributed by atoms with Gasteiger partial charge in [-0.2, -0.15) is 0 Å². The highest BCUT2D eigenvalue weighted by Gasteiger charge is 2.04. The van der Waals surface area contributed by atoms with Crippen LogP contribution in [0, 0.1) is 0 Å². The fraction of sp³-hybridized carbons (Fsp3) is 0.214. The maximum Gasteiger partial charge on any atom is 0.0543 e. The smallest absolute Gasteiger partial charge is 0.0543 e. The number of benzene rings is 1. The second-order valence-corrected chi connectivity index (χ2v) is 5.20. The van der Waals surface area contributed by atoms with E-state index >= 15 is 0 Å². The highest BCUT2D eigenvalue weighted by atomic mass is 79.9. The lowest BCUT2D eigenvalue weighted by Crippen LogP contribution is -2.18. The SMILES string of the molecule is CN(Cc1ccc(Br)c(N)c1)Cc1ccccn1. The summed E-state index contributed by atoms with van der Waals surface area (Å²) in [5.41, 5.74) is 8.92. The molecule has 0 amide bonds. The van der Waals surface area contributed by atoms with E-state index in [1.807, 2.05) is 36.5 Å². The highest BCUT2D eigenvalue weighted by Crippen LogP contribution is 2.21. The van der Waals surface area contributed by atoms with Crippen LogP contribution in [0.15, 0.2) is 47.1 Å². The molecule has 0 aliphatic rings. The van der Waals surface area contributed by atoms with Crippen LogP contribution in [0.1, 0.15) is 11.3 Å². The first-order valence-corrected chi connectivity index (χ1v) is 6.57. The number of pyridine rings is 1. The Labute approximate surface area is 116 Å². The fourth-order valence-corrected chi connectivity index (χ4v) is 2.07. The predicted molar refractivity (Wildman–Crippen MR) is 78.0 cm³/mol. The Morgan fingerprint density at radius 3 is 2.72 bits per heavy atom. The molecule has 0 spiro atoms. The van der Waals surface area contributed by atoms with E-state index in [2.05, 4.69) is 38.9 Å². The molecule has 2 rings (SSSR count). The van der Waals surface area contributed by atoms with Crippen LogP contribution in [0.4, 0.5) is 5.69 Å². The van der Waals surface area contributed by atoms with Crippen LogP contribution in [-0.4, -0.2) is 16.9 Å². The molecule has 94 valence electrons. The van der Waals surface area contributed by atoms with E-state index < -0.39 is 0 Å². The summed E-state index contributed by atoms with van der Waals surface area (Å²) in [6, 6.07) is 12.0. The fourth-order valence-electron chi connectivity index (χ4n) is 1.83. The van der Waals surface area contributed by atoms with Crippen molar-refractivity contribution in [3.8, 4) is 0 Å². The average molecular weight is 306 g/mol. The van der Waals surface area contributed by atoms with Gasteiger partial charge in [0.2, 0.25) is 0 Å². The second kappa shape index (κ2) is 5.98. The lowest BCUT2D eigenvalue weighted by atomic mass is 10.2. The quantitative estimate of drug-likeness (QED) is 0.883. The Morgan fingerprint density at radius 2 is 2.06 bits per heavy atom. The van der Waals surface area contributed by atoms with Crippen LogP contribution in [0.2, 0.25) is 0 Å². The van der Waals surface area contributed by atoms with E-state index in [0.717, 1.165) is 28.9 Å². The van der Waals surface area contributed by atoms with E-state index in [9.17, 15) is 0 Å². The van der Waals surface area contributed by atoms with Crippen molar-refractivity contribution >= 4 is 21.6 Å². The third-order valence-corrected chi connectivity index (χ3v) is 3.39. The molecule has 0 aliphatic heterocycles. The summed E-state index contributed by atoms with van der Waals surface area (Å²) < 4.78 is 0.943. The Hall–Kier alpha value is -1.39. The summed E-state index contributed by atoms with van der Waals surface area (Å²) in [6.07, 6.45) is 1.82. The normalized spacial score (nSPS) is 10.8. The molecule has 2 aromatic rings. The molecule has 0 atom stereocenters. The van der Waals surface area contributed by atoms with Gasteiger partial charge in [-0.05, 0) is 52.8 Å². The summed E-state index contributed by atoms with van der Waals surface area (Å²) in [4.78, 5) is 6.53. The Kier molecular flexibility index (Phi) is 4.33. The summed E-state index contributed by atoms with van der Waals surface area (Å²) in [7, 11) is 2.08. The van der Waals surface area contributed by atoms with Gasteiger partial charge >= 0.3 is 0 Å². The van der Waals surface area contributed by atoms with Crippen molar-refractivity contribution in [2.75, 3.05) is 12.8 Å². The standard InChI is InChI=1S/C14H16BrN3/c1-18(10-12-4-2-3-7-17-12)9-11-5-6-13(15)14(16)8-11/h2-8H,9-10,16H2,1H3. The number of hydrogen-bond acceptors (Lipinski definition) is 3. The molecular formula is C14H16BrN3. The molecule has 0 unspecified atom stereocenters. The number of nitrogens with zero attached hydrogens (tertiary/aromatic N) is 2. The zero-order valence-corrected chi connectivity index (χ0v) is 11.9. The first-order valence-electron chi connectivity index (χ1n) is 5.77. The maximum absolute atomic E-state index is 5.87. The van der Waals surface area contributed by atoms with E-state index in [1.165, 1.54) is 5.56 Å². The van der Waals surface area contributed by atoms with Crippen molar-refractivity contribution < 1.29 is 0 Å². The maximum atomic E-state index is 5.87. The van der Waals surface area contributed by atoms with Crippen molar-refractivity contribution in [1.29, 1.82) is 0 Å². The first kappa shape index (κ1) is 13.1. The van der Waals surface area contributed by atoms with Gasteiger partial charge in [0, 0.05) is 29.4 Å². The van der Waals surface area contributed by atoms with Gasteiger partial charge in [0.25, 0.3) is 0 Å². The number of nitrogens with two attached hydrogens (primary N) is 1. The minimum Gasteiger partial charge on any atom is -0.398 e. The monoisotopic (exact) mass is 305 g/mol. The summed E-state index contributed by atoms with van der Waals surface area (Å²) >= 11 is 3.40. The number of hydrogen-bond donors (Lipinski definition) is 1. The van der Waals surface area contributed by atoms with Crippen LogP contribution in [-0.2, 0) is 13.1 Å². The van der Waals surface area contributed by atoms with Crippen LogP contribution >= 0.6 is 15.9 Å². The van der Waals surface area contributed by atoms with Gasteiger partial charge in [0.05, 0.1) is 5.69 Å². The Morgan fingerprint density at radius 1 is 1.22 bits per heavy atom. The van der Waals surface area contributed by atoms with Crippen LogP contribution in [0.5, 0.6) is 0 Å². The average Bonchev–Trinajstić information content (AvgIpc) is 2.35. The first-order chi connectivity index (χ1) is 8.65. The molecule has 1 aromatic carbocycles. The molecule has 4 heteroatoms. The van der Waals surface area contributed by atoms with Gasteiger partial charge in [-0.1, -0.05) is 12.1 Å². The second-order valence-electron chi connectivity index (χ2n) is 4.35. The van der Waals surface area contributed by atoms with E-state index in [4.69, 9.17) is 5.73 Å². The van der Waals surface area contributed by atoms with Crippen LogP contribution in [0.25, 0.3) is 0 Å². The van der Waals surface area contributed by atoms with Crippen molar-refractivity contribution in [3.63, 3.8) is 0 Å². The molecule has 0 saturated heterocycles. The number of rotatable bonds is 4. The molecule has 0 saturated carbocycles. The molecule has 0 fully saturated rings. The van der Waals surface area contributed by atoms with Gasteiger partial charge in [0.15, 0.2) is 0 Å². The lowest BCUT2D eigenvalue weighted by Gasteiger charge is -2.16. The number of anilines is 1. The van der Waals surface area contributed by atoms with Gasteiger partial charge in [-0.3, -0.25) is 9.88 Å². The minimum atomic E-state index is 0.777. The van der Waals surface area contributed by atoms with E-state index in [-0.39, 0.29) is 0 Å². The molecule has 1 heterocycles. The summed E-state index contributed by atoms with van der Waals surface area (Å²) in [5, 5.41) is 0. The Bertz CT molecular complexity index is 514. The number of halogens is 1. The van der Waals surface area contributed by atoms with Gasteiger partial charge < -0.3 is 5.73 Å². The van der Waals surface area contributed by atoms with Gasteiger partial charge in [-0.25, -0.2) is 0 Å². The molecule has 2 N–H and O–H groups in total. The largest absolute Gasteiger partial charge is 0.398 e. The zero-order valence-electron chi connectivity index (χ0n) is 10.3. The molecule has 0 radical (unpaired) electrons. The minimum absolute atomic E-state index is 0.777. The highest BCUT2D eigenvalue weighted by molar-refractivity contribution is 9.10. The van der Waals surface area contributed by atoms with E-state index in [0.29, 0.717) is 0 Å². The predicted octanol–water partition coefficient (Wildman–Crippen LogP) is 3.06. The third-order valence-electron chi connectivity index (χ3n) is 2.67. The van der Waals surface area contributed by atoms with Gasteiger partial charge in [-0.15, -0.1) is 0 Å². The summed E-state index contributed by atoms with van der Waals surface area (Å²) in [5.74, 6) is 0. The molecule has 18 heavy (non-hydrogen) atoms. The zero-order chi connectivity index (χ0) is 13.0. The van der Waals surface area contributed by atoms with Gasteiger partial charge in [0.1, 0.15) is 0 Å². The molecular weight excluding hydrogens is 290 g/mol. The van der Waals surface area contributed by atoms with E-state index in [1.54, 1.807) is 0 Å². The van der Waals surface area contributed by atoms with Crippen LogP contribution < -0.4 is 5.73 Å². The Balaban J connectivity index is 1.99. The van der Waals surface area contributed by atoms with Crippen molar-refractivity contribution in [2.24, 2.45) is 0 Å².